The molecule has 0 N–H and O–H groups in total. The summed E-state index contributed by atoms with van der Waals surface area (Å²) in [7, 11) is 0. The maximum absolute atomic E-state index is 15.0. The third kappa shape index (κ3) is 5.12. The lowest BCUT2D eigenvalue weighted by Crippen LogP contribution is -2.15. The Labute approximate surface area is 294 Å². The Balaban J connectivity index is 1.61. The molecule has 0 saturated heterocycles. The number of nitriles is 1. The highest BCUT2D eigenvalue weighted by Crippen LogP contribution is 2.49. The topological polar surface area (TPSA) is 33.6 Å². The molecule has 2 aromatic heterocycles. The number of hydrogen-bond donors (Lipinski definition) is 0. The quantitative estimate of drug-likeness (QED) is 0.169. The summed E-state index contributed by atoms with van der Waals surface area (Å²) in [5.74, 6) is 0. The predicted octanol–water partition coefficient (Wildman–Crippen LogP) is 12.7. The first kappa shape index (κ1) is 33.2. The van der Waals surface area contributed by atoms with Gasteiger partial charge in [0.25, 0.3) is 0 Å². The lowest BCUT2D eigenvalue weighted by Gasteiger charge is -2.24. The summed E-state index contributed by atoms with van der Waals surface area (Å²) in [4.78, 5) is 0. The molecule has 8 aromatic rings. The Morgan fingerprint density at radius 1 is 0.481 bits per heavy atom. The maximum atomic E-state index is 15.0. The van der Waals surface area contributed by atoms with E-state index in [1.807, 2.05) is 100 Å². The van der Waals surface area contributed by atoms with Gasteiger partial charge in [0.05, 0.1) is 50.1 Å². The number of rotatable bonds is 3. The van der Waals surface area contributed by atoms with E-state index in [9.17, 15) is 31.6 Å². The van der Waals surface area contributed by atoms with Gasteiger partial charge < -0.3 is 9.13 Å². The molecule has 0 bridgehead atoms. The maximum Gasteiger partial charge on any atom is 0.417 e. The highest BCUT2D eigenvalue weighted by Gasteiger charge is 2.42. The molecule has 3 nitrogen and oxygen atoms in total. The molecule has 0 spiro atoms. The number of alkyl halides is 6. The van der Waals surface area contributed by atoms with E-state index < -0.39 is 29.0 Å². The zero-order valence-electron chi connectivity index (χ0n) is 28.4. The van der Waals surface area contributed by atoms with Gasteiger partial charge in [0.2, 0.25) is 0 Å². The van der Waals surface area contributed by atoms with Crippen LogP contribution < -0.4 is 0 Å². The first-order valence-corrected chi connectivity index (χ1v) is 16.5. The third-order valence-corrected chi connectivity index (χ3v) is 9.81. The Morgan fingerprint density at radius 3 is 1.19 bits per heavy atom. The second-order valence-electron chi connectivity index (χ2n) is 13.5. The van der Waals surface area contributed by atoms with Crippen molar-refractivity contribution in [2.24, 2.45) is 0 Å². The van der Waals surface area contributed by atoms with Gasteiger partial charge in [0, 0.05) is 32.7 Å². The van der Waals surface area contributed by atoms with Crippen LogP contribution in [0.5, 0.6) is 0 Å². The minimum absolute atomic E-state index is 0.0164. The Bertz CT molecular complexity index is 2670. The summed E-state index contributed by atoms with van der Waals surface area (Å²) >= 11 is 0. The lowest BCUT2D eigenvalue weighted by atomic mass is 9.90. The van der Waals surface area contributed by atoms with Crippen molar-refractivity contribution in [2.45, 2.75) is 40.0 Å². The first-order chi connectivity index (χ1) is 24.7. The second kappa shape index (κ2) is 11.5. The van der Waals surface area contributed by atoms with Crippen molar-refractivity contribution in [3.8, 4) is 28.6 Å². The van der Waals surface area contributed by atoms with Gasteiger partial charge in [-0.05, 0) is 100 Å². The van der Waals surface area contributed by atoms with Gasteiger partial charge in [-0.25, -0.2) is 0 Å². The molecule has 0 aliphatic rings. The van der Waals surface area contributed by atoms with Gasteiger partial charge in [-0.3, -0.25) is 0 Å². The Morgan fingerprint density at radius 2 is 0.846 bits per heavy atom. The van der Waals surface area contributed by atoms with Crippen LogP contribution in [0, 0.1) is 39.0 Å². The van der Waals surface area contributed by atoms with Crippen LogP contribution in [0.1, 0.15) is 38.9 Å². The normalized spacial score (nSPS) is 12.4. The van der Waals surface area contributed by atoms with Gasteiger partial charge >= 0.3 is 12.4 Å². The summed E-state index contributed by atoms with van der Waals surface area (Å²) in [5, 5.41) is 14.0. The van der Waals surface area contributed by atoms with Crippen molar-refractivity contribution in [1.82, 2.24) is 9.13 Å². The van der Waals surface area contributed by atoms with E-state index in [4.69, 9.17) is 0 Å². The molecule has 2 heterocycles. The van der Waals surface area contributed by atoms with E-state index in [1.165, 1.54) is 12.1 Å². The molecule has 0 aliphatic carbocycles. The average Bonchev–Trinajstić information content (AvgIpc) is 3.57. The van der Waals surface area contributed by atoms with Crippen molar-refractivity contribution in [1.29, 1.82) is 5.26 Å². The van der Waals surface area contributed by atoms with Crippen molar-refractivity contribution >= 4 is 43.6 Å². The molecule has 0 amide bonds. The summed E-state index contributed by atoms with van der Waals surface area (Å²) < 4.78 is 93.1. The van der Waals surface area contributed by atoms with Gasteiger partial charge in [-0.1, -0.05) is 52.6 Å². The van der Waals surface area contributed by atoms with Gasteiger partial charge in [-0.2, -0.15) is 31.6 Å². The van der Waals surface area contributed by atoms with Crippen LogP contribution in [0.2, 0.25) is 0 Å². The fourth-order valence-electron chi connectivity index (χ4n) is 7.57. The summed E-state index contributed by atoms with van der Waals surface area (Å²) in [6.07, 6.45) is -10.3. The summed E-state index contributed by atoms with van der Waals surface area (Å²) in [6, 6.07) is 29.8. The van der Waals surface area contributed by atoms with Crippen LogP contribution in [0.15, 0.2) is 103 Å². The molecule has 6 aromatic carbocycles. The van der Waals surface area contributed by atoms with Crippen LogP contribution in [-0.2, 0) is 12.4 Å². The smallest absolute Gasteiger partial charge is 0.309 e. The minimum atomic E-state index is -5.14. The monoisotopic (exact) mass is 701 g/mol. The number of fused-ring (bicyclic) bond motifs is 6. The van der Waals surface area contributed by atoms with Crippen LogP contribution in [-0.4, -0.2) is 9.13 Å². The van der Waals surface area contributed by atoms with E-state index in [0.29, 0.717) is 34.2 Å². The lowest BCUT2D eigenvalue weighted by molar-refractivity contribution is -0.142. The summed E-state index contributed by atoms with van der Waals surface area (Å²) in [6.45, 7) is 7.70. The number of halogens is 6. The fourth-order valence-corrected chi connectivity index (χ4v) is 7.57. The molecule has 52 heavy (non-hydrogen) atoms. The highest BCUT2D eigenvalue weighted by atomic mass is 19.4. The van der Waals surface area contributed by atoms with E-state index in [1.54, 1.807) is 9.13 Å². The van der Waals surface area contributed by atoms with E-state index in [-0.39, 0.29) is 22.5 Å². The van der Waals surface area contributed by atoms with E-state index in [0.717, 1.165) is 49.9 Å². The summed E-state index contributed by atoms with van der Waals surface area (Å²) in [5.41, 5.74) is 2.32. The zero-order chi connectivity index (χ0) is 36.9. The number of aryl methyl sites for hydroxylation is 4. The first-order valence-electron chi connectivity index (χ1n) is 16.5. The average molecular weight is 702 g/mol. The SMILES string of the molecule is Cc1ccc2c(c1)c1cc(C)ccc1n2-c1cc(-c2c(C(F)(F)F)cccc2C(F)(F)F)c(-n2c3ccc(C)cc3c3cc(C)ccc32)cc1C#N. The molecule has 0 radical (unpaired) electrons. The van der Waals surface area contributed by atoms with Crippen molar-refractivity contribution in [3.63, 3.8) is 0 Å². The molecule has 0 saturated carbocycles. The highest BCUT2D eigenvalue weighted by molar-refractivity contribution is 6.12. The molecule has 258 valence electrons. The van der Waals surface area contributed by atoms with Gasteiger partial charge in [0.15, 0.2) is 0 Å². The zero-order valence-corrected chi connectivity index (χ0v) is 28.4. The van der Waals surface area contributed by atoms with Crippen LogP contribution >= 0.6 is 0 Å². The van der Waals surface area contributed by atoms with Gasteiger partial charge in [-0.15, -0.1) is 0 Å². The van der Waals surface area contributed by atoms with Crippen LogP contribution in [0.25, 0.3) is 66.1 Å². The number of hydrogen-bond acceptors (Lipinski definition) is 1. The molecule has 0 unspecified atom stereocenters. The predicted molar refractivity (Wildman–Crippen MR) is 194 cm³/mol. The van der Waals surface area contributed by atoms with Crippen LogP contribution in [0.3, 0.4) is 0 Å². The number of nitrogens with zero attached hydrogens (tertiary/aromatic N) is 3. The molecule has 0 fully saturated rings. The van der Waals surface area contributed by atoms with Crippen molar-refractivity contribution in [3.05, 3.63) is 142 Å². The standard InChI is InChI=1S/C43H29F6N3/c1-23-8-12-35-28(16-23)29-17-24(2)9-13-36(29)51(35)39-21-32(41-33(42(44,45)46)6-5-7-34(41)43(47,48)49)40(20-27(39)22-50)52-37-14-10-25(3)18-30(37)31-19-26(4)11-15-38(31)52/h5-21H,1-4H3. The fraction of sp³-hybridized carbons (Fsp3) is 0.140. The van der Waals surface area contributed by atoms with Crippen LogP contribution in [0.4, 0.5) is 26.3 Å². The third-order valence-electron chi connectivity index (χ3n) is 9.81. The molecular weight excluding hydrogens is 672 g/mol. The molecule has 0 atom stereocenters. The van der Waals surface area contributed by atoms with Crippen molar-refractivity contribution in [2.75, 3.05) is 0 Å². The number of benzene rings is 6. The van der Waals surface area contributed by atoms with E-state index >= 15 is 0 Å². The largest absolute Gasteiger partial charge is 0.417 e. The minimum Gasteiger partial charge on any atom is -0.309 e. The second-order valence-corrected chi connectivity index (χ2v) is 13.5. The molecule has 0 aliphatic heterocycles. The van der Waals surface area contributed by atoms with E-state index in [2.05, 4.69) is 6.07 Å². The molecular formula is C43H29F6N3. The van der Waals surface area contributed by atoms with Crippen molar-refractivity contribution < 1.29 is 26.3 Å². The number of aromatic nitrogens is 2. The Hall–Kier alpha value is -6.01. The molecule has 8 rings (SSSR count). The Kier molecular flexibility index (Phi) is 7.33. The molecule has 9 heteroatoms. The van der Waals surface area contributed by atoms with Gasteiger partial charge in [0.1, 0.15) is 6.07 Å².